The number of aromatic nitrogens is 1. The minimum Gasteiger partial charge on any atom is -0.497 e. The van der Waals surface area contributed by atoms with Gasteiger partial charge in [0.15, 0.2) is 0 Å². The maximum atomic E-state index is 14.0. The van der Waals surface area contributed by atoms with Crippen LogP contribution in [0, 0.1) is 18.2 Å². The number of pyridine rings is 1. The average molecular weight is 327 g/mol. The number of nitrogens with one attached hydrogen (secondary N) is 2. The molecule has 24 heavy (non-hydrogen) atoms. The van der Waals surface area contributed by atoms with Crippen molar-refractivity contribution in [1.82, 2.24) is 10.3 Å². The zero-order valence-corrected chi connectivity index (χ0v) is 13.7. The van der Waals surface area contributed by atoms with Crippen LogP contribution in [0.15, 0.2) is 36.5 Å². The molecule has 0 fully saturated rings. The molecule has 1 amide bonds. The molecule has 0 unspecified atom stereocenters. The van der Waals surface area contributed by atoms with Crippen LogP contribution in [-0.2, 0) is 0 Å². The van der Waals surface area contributed by atoms with E-state index in [9.17, 15) is 9.18 Å². The Morgan fingerprint density at radius 3 is 2.79 bits per heavy atom. The van der Waals surface area contributed by atoms with E-state index in [4.69, 9.17) is 11.2 Å². The van der Waals surface area contributed by atoms with Crippen LogP contribution in [0.2, 0.25) is 0 Å². The van der Waals surface area contributed by atoms with E-state index >= 15 is 0 Å². The van der Waals surface area contributed by atoms with Crippen molar-refractivity contribution >= 4 is 17.4 Å². The van der Waals surface area contributed by atoms with Gasteiger partial charge >= 0.3 is 0 Å². The molecule has 2 rings (SSSR count). The number of rotatable bonds is 5. The van der Waals surface area contributed by atoms with Crippen molar-refractivity contribution in [2.75, 3.05) is 12.4 Å². The van der Waals surface area contributed by atoms with Crippen LogP contribution in [0.3, 0.4) is 0 Å². The first-order valence-corrected chi connectivity index (χ1v) is 7.22. The summed E-state index contributed by atoms with van der Waals surface area (Å²) < 4.78 is 19.1. The summed E-state index contributed by atoms with van der Waals surface area (Å²) in [6.45, 7) is 3.41. The fraction of sp³-hybridized carbons (Fsp3) is 0.222. The van der Waals surface area contributed by atoms with E-state index in [1.807, 2.05) is 0 Å². The summed E-state index contributed by atoms with van der Waals surface area (Å²) >= 11 is 0. The molecule has 0 aliphatic carbocycles. The first kappa shape index (κ1) is 17.3. The van der Waals surface area contributed by atoms with E-state index < -0.39 is 17.3 Å². The normalized spacial score (nSPS) is 10.6. The molecule has 1 heterocycles. The van der Waals surface area contributed by atoms with E-state index in [1.54, 1.807) is 26.0 Å². The van der Waals surface area contributed by atoms with Gasteiger partial charge in [-0.05, 0) is 38.1 Å². The Morgan fingerprint density at radius 1 is 1.38 bits per heavy atom. The third-order valence-corrected chi connectivity index (χ3v) is 3.27. The minimum atomic E-state index is -0.814. The summed E-state index contributed by atoms with van der Waals surface area (Å²) in [6.07, 6.45) is 6.89. The lowest BCUT2D eigenvalue weighted by atomic mass is 10.1. The summed E-state index contributed by atoms with van der Waals surface area (Å²) in [4.78, 5) is 16.5. The number of nitrogens with zero attached hydrogens (tertiary/aromatic N) is 1. The fourth-order valence-electron chi connectivity index (χ4n) is 1.93. The van der Waals surface area contributed by atoms with E-state index in [2.05, 4.69) is 21.5 Å². The summed E-state index contributed by atoms with van der Waals surface area (Å²) in [6, 6.07) is 7.45. The van der Waals surface area contributed by atoms with Gasteiger partial charge in [0.25, 0.3) is 5.91 Å². The van der Waals surface area contributed by atoms with Crippen LogP contribution in [-0.4, -0.2) is 23.5 Å². The zero-order valence-electron chi connectivity index (χ0n) is 13.7. The standard InChI is InChI=1S/C18H18FN3O2/c1-5-18(2,3)22-17(23)13-7-6-10-20-16(13)21-15-11-12(24-4)8-9-14(15)19/h1,6-11H,2-4H3,(H,20,21)(H,22,23). The number of halogens is 1. The van der Waals surface area contributed by atoms with Crippen molar-refractivity contribution in [3.8, 4) is 18.1 Å². The molecule has 5 nitrogen and oxygen atoms in total. The maximum Gasteiger partial charge on any atom is 0.256 e. The monoisotopic (exact) mass is 327 g/mol. The fourth-order valence-corrected chi connectivity index (χ4v) is 1.93. The first-order valence-electron chi connectivity index (χ1n) is 7.22. The summed E-state index contributed by atoms with van der Waals surface area (Å²) in [5, 5.41) is 5.53. The van der Waals surface area contributed by atoms with Gasteiger partial charge in [-0.15, -0.1) is 6.42 Å². The van der Waals surface area contributed by atoms with Crippen molar-refractivity contribution in [1.29, 1.82) is 0 Å². The molecule has 6 heteroatoms. The lowest BCUT2D eigenvalue weighted by Gasteiger charge is -2.20. The molecular weight excluding hydrogens is 309 g/mol. The molecule has 1 aromatic carbocycles. The van der Waals surface area contributed by atoms with Crippen molar-refractivity contribution in [2.45, 2.75) is 19.4 Å². The van der Waals surface area contributed by atoms with Crippen molar-refractivity contribution < 1.29 is 13.9 Å². The number of carbonyl (C=O) groups excluding carboxylic acids is 1. The Balaban J connectivity index is 2.33. The molecule has 0 atom stereocenters. The lowest BCUT2D eigenvalue weighted by Crippen LogP contribution is -2.42. The van der Waals surface area contributed by atoms with E-state index in [0.29, 0.717) is 5.75 Å². The molecule has 0 spiro atoms. The summed E-state index contributed by atoms with van der Waals surface area (Å²) in [7, 11) is 1.48. The molecule has 2 N–H and O–H groups in total. The van der Waals surface area contributed by atoms with E-state index in [0.717, 1.165) is 0 Å². The quantitative estimate of drug-likeness (QED) is 0.828. The third kappa shape index (κ3) is 4.02. The molecule has 0 saturated carbocycles. The van der Waals surface area contributed by atoms with Crippen LogP contribution in [0.5, 0.6) is 5.75 Å². The van der Waals surface area contributed by atoms with E-state index in [1.165, 1.54) is 31.5 Å². The Morgan fingerprint density at radius 2 is 2.12 bits per heavy atom. The van der Waals surface area contributed by atoms with Crippen LogP contribution < -0.4 is 15.4 Å². The molecule has 0 radical (unpaired) electrons. The van der Waals surface area contributed by atoms with Gasteiger partial charge in [0.1, 0.15) is 17.4 Å². The average Bonchev–Trinajstić information content (AvgIpc) is 2.57. The number of hydrogen-bond donors (Lipinski definition) is 2. The van der Waals surface area contributed by atoms with Crippen LogP contribution in [0.1, 0.15) is 24.2 Å². The topological polar surface area (TPSA) is 63.2 Å². The van der Waals surface area contributed by atoms with Crippen LogP contribution >= 0.6 is 0 Å². The third-order valence-electron chi connectivity index (χ3n) is 3.27. The van der Waals surface area contributed by atoms with Gasteiger partial charge in [0.05, 0.1) is 23.9 Å². The highest BCUT2D eigenvalue weighted by atomic mass is 19.1. The van der Waals surface area contributed by atoms with Gasteiger partial charge in [0.2, 0.25) is 0 Å². The highest BCUT2D eigenvalue weighted by Crippen LogP contribution is 2.25. The number of benzene rings is 1. The smallest absolute Gasteiger partial charge is 0.256 e. The van der Waals surface area contributed by atoms with Crippen molar-refractivity contribution in [2.24, 2.45) is 0 Å². The predicted octanol–water partition coefficient (Wildman–Crippen LogP) is 3.11. The Kier molecular flexibility index (Phi) is 5.05. The SMILES string of the molecule is C#CC(C)(C)NC(=O)c1cccnc1Nc1cc(OC)ccc1F. The summed E-state index contributed by atoms with van der Waals surface area (Å²) in [5.41, 5.74) is -0.410. The number of ether oxygens (including phenoxy) is 1. The molecule has 124 valence electrons. The zero-order chi connectivity index (χ0) is 17.7. The highest BCUT2D eigenvalue weighted by Gasteiger charge is 2.21. The number of hydrogen-bond acceptors (Lipinski definition) is 4. The molecule has 0 bridgehead atoms. The second-order valence-corrected chi connectivity index (χ2v) is 5.59. The van der Waals surface area contributed by atoms with E-state index in [-0.39, 0.29) is 17.1 Å². The Bertz CT molecular complexity index is 797. The number of terminal acetylenes is 1. The molecule has 1 aromatic heterocycles. The van der Waals surface area contributed by atoms with Crippen molar-refractivity contribution in [3.63, 3.8) is 0 Å². The molecule has 0 aliphatic heterocycles. The predicted molar refractivity (Wildman–Crippen MR) is 90.8 cm³/mol. The highest BCUT2D eigenvalue weighted by molar-refractivity contribution is 5.99. The maximum absolute atomic E-state index is 14.0. The summed E-state index contributed by atoms with van der Waals surface area (Å²) in [5.74, 6) is 2.29. The molecule has 0 aliphatic rings. The number of anilines is 2. The molecule has 0 saturated heterocycles. The van der Waals surface area contributed by atoms with Gasteiger partial charge in [-0.2, -0.15) is 0 Å². The van der Waals surface area contributed by atoms with Gasteiger partial charge < -0.3 is 15.4 Å². The largest absolute Gasteiger partial charge is 0.497 e. The van der Waals surface area contributed by atoms with Crippen molar-refractivity contribution in [3.05, 3.63) is 47.9 Å². The van der Waals surface area contributed by atoms with Gasteiger partial charge in [-0.3, -0.25) is 4.79 Å². The second-order valence-electron chi connectivity index (χ2n) is 5.59. The van der Waals surface area contributed by atoms with Gasteiger partial charge in [0, 0.05) is 12.3 Å². The lowest BCUT2D eigenvalue weighted by molar-refractivity contribution is 0.0930. The Labute approximate surface area is 140 Å². The van der Waals surface area contributed by atoms with Gasteiger partial charge in [-0.25, -0.2) is 9.37 Å². The minimum absolute atomic E-state index is 0.151. The van der Waals surface area contributed by atoms with Crippen LogP contribution in [0.25, 0.3) is 0 Å². The van der Waals surface area contributed by atoms with Crippen LogP contribution in [0.4, 0.5) is 15.9 Å². The number of carbonyl (C=O) groups is 1. The Hall–Kier alpha value is -3.07. The molecular formula is C18H18FN3O2. The number of methoxy groups -OCH3 is 1. The van der Waals surface area contributed by atoms with Gasteiger partial charge in [-0.1, -0.05) is 5.92 Å². The molecule has 2 aromatic rings. The number of amides is 1. The first-order chi connectivity index (χ1) is 11.4. The second kappa shape index (κ2) is 7.01.